The van der Waals surface area contributed by atoms with Crippen molar-refractivity contribution in [1.82, 2.24) is 0 Å². The van der Waals surface area contributed by atoms with Crippen LogP contribution in [-0.2, 0) is 11.0 Å². The Bertz CT molecular complexity index is 452. The fourth-order valence-corrected chi connectivity index (χ4v) is 1.60. The van der Waals surface area contributed by atoms with Gasteiger partial charge in [-0.3, -0.25) is 0 Å². The molecule has 17 heavy (non-hydrogen) atoms. The highest BCUT2D eigenvalue weighted by Crippen LogP contribution is 2.20. The summed E-state index contributed by atoms with van der Waals surface area (Å²) in [6.07, 6.45) is 1.26. The minimum absolute atomic E-state index is 0.215. The summed E-state index contributed by atoms with van der Waals surface area (Å²) in [5.41, 5.74) is 0.215. The van der Waals surface area contributed by atoms with E-state index in [-0.39, 0.29) is 5.56 Å². The molecule has 0 aliphatic carbocycles. The first kappa shape index (κ1) is 13.8. The Morgan fingerprint density at radius 1 is 1.41 bits per heavy atom. The normalized spacial score (nSPS) is 13.9. The monoisotopic (exact) mass is 257 g/mol. The molecule has 0 N–H and O–H groups in total. The van der Waals surface area contributed by atoms with Gasteiger partial charge in [0.1, 0.15) is 22.6 Å². The van der Waals surface area contributed by atoms with E-state index >= 15 is 0 Å². The van der Waals surface area contributed by atoms with Gasteiger partial charge in [0.25, 0.3) is 0 Å². The van der Waals surface area contributed by atoms with E-state index in [0.29, 0.717) is 5.75 Å². The number of halogens is 1. The van der Waals surface area contributed by atoms with Crippen LogP contribution >= 0.6 is 0 Å². The van der Waals surface area contributed by atoms with Crippen molar-refractivity contribution in [2.75, 3.05) is 7.11 Å². The molecule has 0 aromatic heterocycles. The molecule has 0 saturated heterocycles. The summed E-state index contributed by atoms with van der Waals surface area (Å²) < 4.78 is 33.6. The topological polar surface area (TPSA) is 38.7 Å². The number of ether oxygens (including phenoxy) is 1. The van der Waals surface area contributed by atoms with Gasteiger partial charge in [0.05, 0.1) is 23.6 Å². The molecule has 94 valence electrons. The van der Waals surface area contributed by atoms with Crippen LogP contribution in [0.1, 0.15) is 26.3 Å². The molecule has 0 unspecified atom stereocenters. The number of rotatable bonds is 3. The molecule has 3 nitrogen and oxygen atoms in total. The molecule has 0 spiro atoms. The molecule has 0 aliphatic rings. The van der Waals surface area contributed by atoms with E-state index in [1.807, 2.05) is 0 Å². The van der Waals surface area contributed by atoms with Crippen molar-refractivity contribution in [3.63, 3.8) is 0 Å². The zero-order chi connectivity index (χ0) is 13.1. The minimum Gasteiger partial charge on any atom is -0.496 e. The van der Waals surface area contributed by atoms with Gasteiger partial charge in [-0.2, -0.15) is 4.40 Å². The first-order valence-corrected chi connectivity index (χ1v) is 6.25. The maximum Gasteiger partial charge on any atom is 0.144 e. The molecule has 0 radical (unpaired) electrons. The molecule has 5 heteroatoms. The Morgan fingerprint density at radius 2 is 2.06 bits per heavy atom. The third-order valence-electron chi connectivity index (χ3n) is 2.03. The third kappa shape index (κ3) is 3.63. The number of benzene rings is 1. The van der Waals surface area contributed by atoms with E-state index in [4.69, 9.17) is 4.74 Å². The lowest BCUT2D eigenvalue weighted by Gasteiger charge is -2.13. The smallest absolute Gasteiger partial charge is 0.144 e. The lowest BCUT2D eigenvalue weighted by Crippen LogP contribution is -2.19. The van der Waals surface area contributed by atoms with Gasteiger partial charge in [0.2, 0.25) is 0 Å². The summed E-state index contributed by atoms with van der Waals surface area (Å²) >= 11 is 0. The van der Waals surface area contributed by atoms with E-state index in [0.717, 1.165) is 0 Å². The van der Waals surface area contributed by atoms with Crippen molar-refractivity contribution in [2.45, 2.75) is 25.5 Å². The second kappa shape index (κ2) is 5.40. The van der Waals surface area contributed by atoms with Gasteiger partial charge >= 0.3 is 0 Å². The van der Waals surface area contributed by atoms with E-state index in [1.54, 1.807) is 32.9 Å². The largest absolute Gasteiger partial charge is 0.496 e. The minimum atomic E-state index is -1.41. The lowest BCUT2D eigenvalue weighted by molar-refractivity contribution is 0.410. The Kier molecular flexibility index (Phi) is 4.40. The molecule has 1 rings (SSSR count). The molecule has 0 amide bonds. The summed E-state index contributed by atoms with van der Waals surface area (Å²) in [6.45, 7) is 5.41. The summed E-state index contributed by atoms with van der Waals surface area (Å²) in [5, 5.41) is 0. The average Bonchev–Trinajstić information content (AvgIpc) is 2.25. The number of hydrogen-bond donors (Lipinski definition) is 0. The number of hydrogen-bond acceptors (Lipinski definition) is 2. The third-order valence-corrected chi connectivity index (χ3v) is 3.38. The zero-order valence-electron chi connectivity index (χ0n) is 10.4. The van der Waals surface area contributed by atoms with Gasteiger partial charge in [-0.25, -0.2) is 8.60 Å². The van der Waals surface area contributed by atoms with Gasteiger partial charge in [-0.05, 0) is 32.9 Å². The molecule has 1 aromatic carbocycles. The maximum absolute atomic E-state index is 13.5. The molecular formula is C12H16FNO2S. The maximum atomic E-state index is 13.5. The highest BCUT2D eigenvalue weighted by molar-refractivity contribution is 7.85. The Morgan fingerprint density at radius 3 is 2.59 bits per heavy atom. The summed E-state index contributed by atoms with van der Waals surface area (Å²) in [7, 11) is 0.0421. The zero-order valence-corrected chi connectivity index (χ0v) is 11.2. The molecule has 0 fully saturated rings. The molecule has 0 saturated carbocycles. The van der Waals surface area contributed by atoms with E-state index in [2.05, 4.69) is 4.40 Å². The fourth-order valence-electron chi connectivity index (χ4n) is 1.08. The molecular weight excluding hydrogens is 241 g/mol. The molecule has 1 atom stereocenters. The SMILES string of the molecule is COc1cccc(F)c1/C=N/[S@@](=O)C(C)(C)C. The molecule has 0 heterocycles. The molecule has 0 bridgehead atoms. The number of nitrogens with zero attached hydrogens (tertiary/aromatic N) is 1. The highest BCUT2D eigenvalue weighted by Gasteiger charge is 2.18. The summed E-state index contributed by atoms with van der Waals surface area (Å²) in [6, 6.07) is 4.49. The van der Waals surface area contributed by atoms with E-state index in [1.165, 1.54) is 19.4 Å². The van der Waals surface area contributed by atoms with Crippen molar-refractivity contribution in [3.8, 4) is 5.75 Å². The average molecular weight is 257 g/mol. The van der Waals surface area contributed by atoms with E-state index in [9.17, 15) is 8.60 Å². The molecule has 1 aromatic rings. The van der Waals surface area contributed by atoms with Crippen molar-refractivity contribution < 1.29 is 13.3 Å². The van der Waals surface area contributed by atoms with Gasteiger partial charge in [0, 0.05) is 0 Å². The van der Waals surface area contributed by atoms with Gasteiger partial charge in [-0.15, -0.1) is 0 Å². The summed E-state index contributed by atoms with van der Waals surface area (Å²) in [4.78, 5) is 0. The van der Waals surface area contributed by atoms with Crippen molar-refractivity contribution in [1.29, 1.82) is 0 Å². The predicted molar refractivity (Wildman–Crippen MR) is 68.4 cm³/mol. The van der Waals surface area contributed by atoms with Crippen molar-refractivity contribution >= 4 is 17.2 Å². The van der Waals surface area contributed by atoms with Crippen molar-refractivity contribution in [2.24, 2.45) is 4.40 Å². The summed E-state index contributed by atoms with van der Waals surface area (Å²) in [5.74, 6) is -0.0707. The van der Waals surface area contributed by atoms with Crippen molar-refractivity contribution in [3.05, 3.63) is 29.6 Å². The Labute approximate surface area is 103 Å². The Hall–Kier alpha value is -1.23. The van der Waals surface area contributed by atoms with Gasteiger partial charge in [0.15, 0.2) is 0 Å². The predicted octanol–water partition coefficient (Wildman–Crippen LogP) is 2.72. The van der Waals surface area contributed by atoms with Gasteiger partial charge < -0.3 is 4.74 Å². The number of methoxy groups -OCH3 is 1. The van der Waals surface area contributed by atoms with Gasteiger partial charge in [-0.1, -0.05) is 6.07 Å². The van der Waals surface area contributed by atoms with Crippen LogP contribution < -0.4 is 4.74 Å². The fraction of sp³-hybridized carbons (Fsp3) is 0.417. The van der Waals surface area contributed by atoms with Crippen LogP contribution in [0.3, 0.4) is 0 Å². The first-order chi connectivity index (χ1) is 7.86. The van der Waals surface area contributed by atoms with E-state index < -0.39 is 21.5 Å². The Balaban J connectivity index is 3.03. The van der Waals surface area contributed by atoms with Crippen LogP contribution in [0.4, 0.5) is 4.39 Å². The van der Waals surface area contributed by atoms with Crippen LogP contribution in [-0.4, -0.2) is 22.3 Å². The first-order valence-electron chi connectivity index (χ1n) is 5.15. The van der Waals surface area contributed by atoms with Crippen LogP contribution in [0.2, 0.25) is 0 Å². The standard InChI is InChI=1S/C12H16FNO2S/c1-12(2,3)17(15)14-8-9-10(13)6-5-7-11(9)16-4/h5-8H,1-4H3/b14-8+/t17-/m0/s1. The van der Waals surface area contributed by atoms with Crippen LogP contribution in [0.15, 0.2) is 22.6 Å². The second-order valence-electron chi connectivity index (χ2n) is 4.45. The second-order valence-corrected chi connectivity index (χ2v) is 6.39. The lowest BCUT2D eigenvalue weighted by atomic mass is 10.2. The quantitative estimate of drug-likeness (QED) is 0.781. The van der Waals surface area contributed by atoms with Crippen LogP contribution in [0.25, 0.3) is 0 Å². The van der Waals surface area contributed by atoms with Crippen LogP contribution in [0, 0.1) is 5.82 Å². The van der Waals surface area contributed by atoms with Crippen LogP contribution in [0.5, 0.6) is 5.75 Å². The highest BCUT2D eigenvalue weighted by atomic mass is 32.2. The molecule has 0 aliphatic heterocycles.